The summed E-state index contributed by atoms with van der Waals surface area (Å²) in [6.07, 6.45) is 12.9. The lowest BCUT2D eigenvalue weighted by molar-refractivity contribution is -0.384. The maximum absolute atomic E-state index is 10.4. The van der Waals surface area contributed by atoms with E-state index in [1.165, 1.54) is 12.1 Å². The lowest BCUT2D eigenvalue weighted by Crippen LogP contribution is -1.86. The number of nitro benzene ring substituents is 1. The molecule has 1 rings (SSSR count). The Morgan fingerprint density at radius 1 is 1.00 bits per heavy atom. The second kappa shape index (κ2) is 6.95. The zero-order chi connectivity index (χ0) is 12.5. The van der Waals surface area contributed by atoms with Crippen molar-refractivity contribution in [2.45, 2.75) is 0 Å². The van der Waals surface area contributed by atoms with Crippen molar-refractivity contribution in [3.63, 3.8) is 0 Å². The lowest BCUT2D eigenvalue weighted by Gasteiger charge is -1.92. The molecule has 0 unspecified atom stereocenters. The molecule has 1 aromatic carbocycles. The van der Waals surface area contributed by atoms with E-state index in [4.69, 9.17) is 0 Å². The predicted molar refractivity (Wildman–Crippen MR) is 70.6 cm³/mol. The maximum atomic E-state index is 10.4. The fourth-order valence-electron chi connectivity index (χ4n) is 1.14. The molecule has 0 atom stereocenters. The van der Waals surface area contributed by atoms with E-state index in [1.807, 2.05) is 36.5 Å². The Hall–Kier alpha value is -2.42. The second-order valence-corrected chi connectivity index (χ2v) is 3.21. The third-order valence-corrected chi connectivity index (χ3v) is 1.97. The van der Waals surface area contributed by atoms with Crippen molar-refractivity contribution in [2.75, 3.05) is 0 Å². The molecule has 0 aliphatic heterocycles. The number of allylic oxidation sites excluding steroid dienone is 6. The highest BCUT2D eigenvalue weighted by Crippen LogP contribution is 2.12. The molecule has 0 aromatic heterocycles. The monoisotopic (exact) mass is 227 g/mol. The number of non-ortho nitro benzene ring substituents is 1. The van der Waals surface area contributed by atoms with Crippen LogP contribution in [0.15, 0.2) is 67.3 Å². The Labute approximate surface area is 100 Å². The zero-order valence-corrected chi connectivity index (χ0v) is 9.32. The van der Waals surface area contributed by atoms with Gasteiger partial charge in [-0.2, -0.15) is 0 Å². The van der Waals surface area contributed by atoms with Gasteiger partial charge < -0.3 is 0 Å². The van der Waals surface area contributed by atoms with Gasteiger partial charge in [-0.05, 0) is 17.7 Å². The van der Waals surface area contributed by atoms with Gasteiger partial charge in [0.25, 0.3) is 5.69 Å². The van der Waals surface area contributed by atoms with Gasteiger partial charge in [0.1, 0.15) is 0 Å². The van der Waals surface area contributed by atoms with Crippen molar-refractivity contribution in [1.29, 1.82) is 0 Å². The van der Waals surface area contributed by atoms with Crippen LogP contribution in [0, 0.1) is 10.1 Å². The summed E-state index contributed by atoms with van der Waals surface area (Å²) in [4.78, 5) is 10.0. The van der Waals surface area contributed by atoms with Crippen LogP contribution in [0.25, 0.3) is 6.08 Å². The highest BCUT2D eigenvalue weighted by Gasteiger charge is 2.01. The van der Waals surface area contributed by atoms with Crippen LogP contribution in [-0.4, -0.2) is 4.92 Å². The van der Waals surface area contributed by atoms with Gasteiger partial charge in [0.05, 0.1) is 4.92 Å². The van der Waals surface area contributed by atoms with Crippen LogP contribution in [0.4, 0.5) is 5.69 Å². The molecule has 1 aromatic rings. The molecule has 0 radical (unpaired) electrons. The molecule has 0 saturated carbocycles. The Morgan fingerprint density at radius 2 is 1.59 bits per heavy atom. The summed E-state index contributed by atoms with van der Waals surface area (Å²) in [6.45, 7) is 3.55. The molecule has 0 fully saturated rings. The highest BCUT2D eigenvalue weighted by atomic mass is 16.6. The van der Waals surface area contributed by atoms with Gasteiger partial charge in [-0.15, -0.1) is 0 Å². The van der Waals surface area contributed by atoms with E-state index in [9.17, 15) is 10.1 Å². The maximum Gasteiger partial charge on any atom is 0.269 e. The normalized spacial score (nSPS) is 11.5. The molecule has 0 bridgehead atoms. The second-order valence-electron chi connectivity index (χ2n) is 3.21. The summed E-state index contributed by atoms with van der Waals surface area (Å²) < 4.78 is 0. The Bertz CT molecular complexity index is 468. The van der Waals surface area contributed by atoms with Crippen LogP contribution in [0.5, 0.6) is 0 Å². The fourth-order valence-corrected chi connectivity index (χ4v) is 1.14. The SMILES string of the molecule is C=C/C=C/C=C/C=C/c1ccc([N+](=O)[O-])cc1. The van der Waals surface area contributed by atoms with Crippen molar-refractivity contribution < 1.29 is 4.92 Å². The summed E-state index contributed by atoms with van der Waals surface area (Å²) in [5.74, 6) is 0. The van der Waals surface area contributed by atoms with E-state index in [1.54, 1.807) is 18.2 Å². The van der Waals surface area contributed by atoms with Gasteiger partial charge in [-0.1, -0.05) is 49.1 Å². The van der Waals surface area contributed by atoms with E-state index in [0.717, 1.165) is 5.56 Å². The summed E-state index contributed by atoms with van der Waals surface area (Å²) in [6, 6.07) is 6.39. The van der Waals surface area contributed by atoms with Crippen molar-refractivity contribution in [3.05, 3.63) is 83.0 Å². The fraction of sp³-hybridized carbons (Fsp3) is 0. The van der Waals surface area contributed by atoms with Gasteiger partial charge >= 0.3 is 0 Å². The summed E-state index contributed by atoms with van der Waals surface area (Å²) in [5.41, 5.74) is 1.03. The Kier molecular flexibility index (Phi) is 5.17. The largest absolute Gasteiger partial charge is 0.269 e. The first-order valence-electron chi connectivity index (χ1n) is 5.11. The molecule has 0 saturated heterocycles. The van der Waals surface area contributed by atoms with Crippen LogP contribution in [0.1, 0.15) is 5.56 Å². The minimum Gasteiger partial charge on any atom is -0.258 e. The van der Waals surface area contributed by atoms with Gasteiger partial charge in [-0.3, -0.25) is 10.1 Å². The van der Waals surface area contributed by atoms with Crippen molar-refractivity contribution in [2.24, 2.45) is 0 Å². The van der Waals surface area contributed by atoms with Crippen LogP contribution in [-0.2, 0) is 0 Å². The van der Waals surface area contributed by atoms with Crippen molar-refractivity contribution in [1.82, 2.24) is 0 Å². The molecule has 0 heterocycles. The number of nitrogens with zero attached hydrogens (tertiary/aromatic N) is 1. The van der Waals surface area contributed by atoms with E-state index in [2.05, 4.69) is 6.58 Å². The van der Waals surface area contributed by atoms with Crippen LogP contribution >= 0.6 is 0 Å². The van der Waals surface area contributed by atoms with E-state index in [-0.39, 0.29) is 5.69 Å². The first-order valence-corrected chi connectivity index (χ1v) is 5.11. The van der Waals surface area contributed by atoms with Gasteiger partial charge in [-0.25, -0.2) is 0 Å². The number of benzene rings is 1. The topological polar surface area (TPSA) is 43.1 Å². The molecule has 3 nitrogen and oxygen atoms in total. The minimum absolute atomic E-state index is 0.103. The smallest absolute Gasteiger partial charge is 0.258 e. The third-order valence-electron chi connectivity index (χ3n) is 1.97. The van der Waals surface area contributed by atoms with Gasteiger partial charge in [0.2, 0.25) is 0 Å². The predicted octanol–water partition coefficient (Wildman–Crippen LogP) is 3.91. The van der Waals surface area contributed by atoms with E-state index >= 15 is 0 Å². The molecule has 3 heteroatoms. The molecular weight excluding hydrogens is 214 g/mol. The van der Waals surface area contributed by atoms with Gasteiger partial charge in [0.15, 0.2) is 0 Å². The van der Waals surface area contributed by atoms with Gasteiger partial charge in [0, 0.05) is 12.1 Å². The van der Waals surface area contributed by atoms with Crippen LogP contribution in [0.3, 0.4) is 0 Å². The number of hydrogen-bond acceptors (Lipinski definition) is 2. The lowest BCUT2D eigenvalue weighted by atomic mass is 10.2. The summed E-state index contributed by atoms with van der Waals surface area (Å²) in [5, 5.41) is 10.4. The molecule has 0 N–H and O–H groups in total. The first-order chi connectivity index (χ1) is 8.24. The van der Waals surface area contributed by atoms with Crippen LogP contribution < -0.4 is 0 Å². The Balaban J connectivity index is 2.60. The average Bonchev–Trinajstić information content (AvgIpc) is 2.34. The van der Waals surface area contributed by atoms with Crippen molar-refractivity contribution in [3.8, 4) is 0 Å². The molecule has 0 amide bonds. The molecule has 0 aliphatic carbocycles. The number of hydrogen-bond donors (Lipinski definition) is 0. The highest BCUT2D eigenvalue weighted by molar-refractivity contribution is 5.53. The molecule has 0 aliphatic rings. The summed E-state index contributed by atoms with van der Waals surface area (Å²) >= 11 is 0. The number of rotatable bonds is 5. The standard InChI is InChI=1S/C14H13NO2/c1-2-3-4-5-6-7-8-13-9-11-14(12-10-13)15(16)17/h2-12H,1H2/b4-3+,6-5+,8-7+. The first kappa shape index (κ1) is 12.6. The molecule has 17 heavy (non-hydrogen) atoms. The Morgan fingerprint density at radius 3 is 2.18 bits per heavy atom. The van der Waals surface area contributed by atoms with Crippen molar-refractivity contribution >= 4 is 11.8 Å². The van der Waals surface area contributed by atoms with Crippen LogP contribution in [0.2, 0.25) is 0 Å². The quantitative estimate of drug-likeness (QED) is 0.435. The molecule has 86 valence electrons. The average molecular weight is 227 g/mol. The zero-order valence-electron chi connectivity index (χ0n) is 9.32. The van der Waals surface area contributed by atoms with E-state index < -0.39 is 4.92 Å². The molecule has 0 spiro atoms. The summed E-state index contributed by atoms with van der Waals surface area (Å²) in [7, 11) is 0. The molecular formula is C14H13NO2. The minimum atomic E-state index is -0.409. The van der Waals surface area contributed by atoms with E-state index in [0.29, 0.717) is 0 Å². The number of nitro groups is 1. The third kappa shape index (κ3) is 4.75.